The molecule has 0 aliphatic rings. The summed E-state index contributed by atoms with van der Waals surface area (Å²) in [5.41, 5.74) is 4.76. The van der Waals surface area contributed by atoms with Crippen LogP contribution in [0.15, 0.2) is 0 Å². The highest BCUT2D eigenvalue weighted by molar-refractivity contribution is 5.89. The molecule has 48 valence electrons. The Balaban J connectivity index is 3.68. The zero-order chi connectivity index (χ0) is 7.28. The second-order valence-electron chi connectivity index (χ2n) is 1.23. The van der Waals surface area contributed by atoms with E-state index in [2.05, 4.69) is 0 Å². The van der Waals surface area contributed by atoms with Gasteiger partial charge in [0, 0.05) is 0 Å². The van der Waals surface area contributed by atoms with Gasteiger partial charge in [0.25, 0.3) is 0 Å². The fourth-order valence-electron chi connectivity index (χ4n) is 0.238. The van der Waals surface area contributed by atoms with Gasteiger partial charge < -0.3 is 11.1 Å². The van der Waals surface area contributed by atoms with Gasteiger partial charge in [-0.1, -0.05) is 0 Å². The van der Waals surface area contributed by atoms with E-state index in [1.165, 1.54) is 12.6 Å². The van der Waals surface area contributed by atoms with Gasteiger partial charge in [0.1, 0.15) is 0 Å². The van der Waals surface area contributed by atoms with Crippen LogP contribution in [-0.2, 0) is 9.59 Å². The zero-order valence-electron chi connectivity index (χ0n) is 4.47. The van der Waals surface area contributed by atoms with Gasteiger partial charge in [0.05, 0.1) is 0 Å². The van der Waals surface area contributed by atoms with Crippen molar-refractivity contribution in [1.82, 2.24) is 5.32 Å². The summed E-state index contributed by atoms with van der Waals surface area (Å²) in [6, 6.07) is -1.23. The summed E-state index contributed by atoms with van der Waals surface area (Å²) in [7, 11) is 0. The molecule has 0 saturated heterocycles. The molecule has 5 nitrogen and oxygen atoms in total. The van der Waals surface area contributed by atoms with Crippen molar-refractivity contribution in [3.05, 3.63) is 0 Å². The average molecular weight is 127 g/mol. The molecule has 0 bridgehead atoms. The van der Waals surface area contributed by atoms with E-state index in [0.717, 1.165) is 0 Å². The molecule has 0 aliphatic carbocycles. The molecule has 0 aromatic rings. The van der Waals surface area contributed by atoms with E-state index in [1.54, 1.807) is 0 Å². The van der Waals surface area contributed by atoms with Gasteiger partial charge in [-0.15, -0.1) is 0 Å². The summed E-state index contributed by atoms with van der Waals surface area (Å²) in [6.45, 7) is 0. The third-order valence-corrected chi connectivity index (χ3v) is 0.536. The van der Waals surface area contributed by atoms with Crippen LogP contribution in [0.4, 0.5) is 0 Å². The van der Waals surface area contributed by atoms with Gasteiger partial charge in [-0.05, 0) is 0 Å². The van der Waals surface area contributed by atoms with Crippen LogP contribution in [0, 0.1) is 5.41 Å². The summed E-state index contributed by atoms with van der Waals surface area (Å²) < 4.78 is 0. The zero-order valence-corrected chi connectivity index (χ0v) is 4.47. The Morgan fingerprint density at radius 3 is 2.11 bits per heavy atom. The minimum absolute atomic E-state index is 0.452. The predicted octanol–water partition coefficient (Wildman–Crippen LogP) is -1.94. The molecule has 2 radical (unpaired) electrons. The number of guanidine groups is 1. The van der Waals surface area contributed by atoms with Crippen LogP contribution in [-0.4, -0.2) is 24.6 Å². The van der Waals surface area contributed by atoms with E-state index in [0.29, 0.717) is 0 Å². The second kappa shape index (κ2) is 3.59. The summed E-state index contributed by atoms with van der Waals surface area (Å²) in [6.07, 6.45) is 2.56. The molecule has 0 aromatic heterocycles. The largest absolute Gasteiger partial charge is 0.370 e. The number of rotatable bonds is 3. The van der Waals surface area contributed by atoms with E-state index in [1.807, 2.05) is 5.32 Å². The Hall–Kier alpha value is -1.39. The molecule has 0 spiro atoms. The predicted molar refractivity (Wildman–Crippen MR) is 30.2 cm³/mol. The molecular weight excluding hydrogens is 122 g/mol. The molecule has 0 heterocycles. The molecule has 5 heteroatoms. The van der Waals surface area contributed by atoms with Gasteiger partial charge >= 0.3 is 0 Å². The van der Waals surface area contributed by atoms with Crippen molar-refractivity contribution in [2.24, 2.45) is 5.73 Å². The maximum Gasteiger partial charge on any atom is 0.231 e. The lowest BCUT2D eigenvalue weighted by molar-refractivity contribution is 0.527. The Kier molecular flexibility index (Phi) is 3.04. The standard InChI is InChI=1S/C4H5N3O2/c5-4(6)7-3(1-8)2-9/h3H,(H4,5,6,7). The topological polar surface area (TPSA) is 96.0 Å². The fraction of sp³-hybridized carbons (Fsp3) is 0.250. The lowest BCUT2D eigenvalue weighted by Gasteiger charge is -2.00. The van der Waals surface area contributed by atoms with Crippen LogP contribution in [0.2, 0.25) is 0 Å². The first-order chi connectivity index (χ1) is 4.20. The van der Waals surface area contributed by atoms with Crippen LogP contribution in [0.5, 0.6) is 0 Å². The van der Waals surface area contributed by atoms with Crippen molar-refractivity contribution in [3.63, 3.8) is 0 Å². The van der Waals surface area contributed by atoms with Crippen LogP contribution in [0.1, 0.15) is 0 Å². The summed E-state index contributed by atoms with van der Waals surface area (Å²) >= 11 is 0. The average Bonchev–Trinajstić information content (AvgIpc) is 1.82. The first-order valence-electron chi connectivity index (χ1n) is 2.06. The summed E-state index contributed by atoms with van der Waals surface area (Å²) in [5.74, 6) is -0.452. The SMILES string of the molecule is N=C(N)NC([C]=O)[C]=O. The van der Waals surface area contributed by atoms with Crippen LogP contribution >= 0.6 is 0 Å². The molecule has 0 atom stereocenters. The molecule has 9 heavy (non-hydrogen) atoms. The van der Waals surface area contributed by atoms with Gasteiger partial charge in [-0.2, -0.15) is 0 Å². The van der Waals surface area contributed by atoms with E-state index in [9.17, 15) is 9.59 Å². The lowest BCUT2D eigenvalue weighted by atomic mass is 10.4. The lowest BCUT2D eigenvalue weighted by Crippen LogP contribution is -2.40. The minimum Gasteiger partial charge on any atom is -0.370 e. The molecule has 0 fully saturated rings. The molecule has 0 saturated carbocycles. The minimum atomic E-state index is -1.23. The van der Waals surface area contributed by atoms with E-state index in [-0.39, 0.29) is 0 Å². The maximum atomic E-state index is 9.67. The van der Waals surface area contributed by atoms with Crippen LogP contribution in [0.3, 0.4) is 0 Å². The Bertz CT molecular complexity index is 126. The Morgan fingerprint density at radius 2 is 2.00 bits per heavy atom. The maximum absolute atomic E-state index is 9.67. The summed E-state index contributed by atoms with van der Waals surface area (Å²) in [5, 5.41) is 8.53. The Morgan fingerprint density at radius 1 is 1.56 bits per heavy atom. The van der Waals surface area contributed by atoms with Crippen molar-refractivity contribution in [2.75, 3.05) is 0 Å². The van der Waals surface area contributed by atoms with E-state index >= 15 is 0 Å². The fourth-order valence-corrected chi connectivity index (χ4v) is 0.238. The van der Waals surface area contributed by atoms with Crippen molar-refractivity contribution in [3.8, 4) is 0 Å². The number of nitrogens with two attached hydrogens (primary N) is 1. The monoisotopic (exact) mass is 127 g/mol. The van der Waals surface area contributed by atoms with Crippen molar-refractivity contribution in [2.45, 2.75) is 6.04 Å². The third kappa shape index (κ3) is 3.22. The molecule has 0 amide bonds. The number of hydrogen-bond acceptors (Lipinski definition) is 3. The first-order valence-corrected chi connectivity index (χ1v) is 2.06. The highest BCUT2D eigenvalue weighted by atomic mass is 16.1. The van der Waals surface area contributed by atoms with Crippen LogP contribution in [0.25, 0.3) is 0 Å². The number of hydrogen-bond donors (Lipinski definition) is 3. The van der Waals surface area contributed by atoms with E-state index < -0.39 is 12.0 Å². The summed E-state index contributed by atoms with van der Waals surface area (Å²) in [4.78, 5) is 19.3. The molecule has 4 N–H and O–H groups in total. The normalized spacial score (nSPS) is 8.56. The van der Waals surface area contributed by atoms with Gasteiger partial charge in [-0.3, -0.25) is 15.0 Å². The molecule has 0 aromatic carbocycles. The first kappa shape index (κ1) is 7.61. The highest BCUT2D eigenvalue weighted by Crippen LogP contribution is 1.66. The van der Waals surface area contributed by atoms with Crippen molar-refractivity contribution in [1.29, 1.82) is 5.41 Å². The molecule has 0 rings (SSSR count). The van der Waals surface area contributed by atoms with E-state index in [4.69, 9.17) is 11.1 Å². The second-order valence-corrected chi connectivity index (χ2v) is 1.23. The van der Waals surface area contributed by atoms with Gasteiger partial charge in [0.15, 0.2) is 12.0 Å². The highest BCUT2D eigenvalue weighted by Gasteiger charge is 2.05. The quantitative estimate of drug-likeness (QED) is 0.233. The van der Waals surface area contributed by atoms with Crippen molar-refractivity contribution >= 4 is 18.5 Å². The van der Waals surface area contributed by atoms with Gasteiger partial charge in [0.2, 0.25) is 12.6 Å². The third-order valence-electron chi connectivity index (χ3n) is 0.536. The van der Waals surface area contributed by atoms with Crippen LogP contribution < -0.4 is 11.1 Å². The molecule has 0 aliphatic heterocycles. The Labute approximate surface area is 51.7 Å². The molecule has 0 unspecified atom stereocenters. The van der Waals surface area contributed by atoms with Crippen molar-refractivity contribution < 1.29 is 9.59 Å². The molecular formula is C4H5N3O2. The number of nitrogens with one attached hydrogen (secondary N) is 2. The number of carbonyl (C=O) groups excluding carboxylic acids is 2. The van der Waals surface area contributed by atoms with Gasteiger partial charge in [-0.25, -0.2) is 0 Å². The smallest absolute Gasteiger partial charge is 0.231 e.